The third kappa shape index (κ3) is 1.89. The first-order chi connectivity index (χ1) is 9.19. The normalized spacial score (nSPS) is 10.8. The first-order valence-corrected chi connectivity index (χ1v) is 5.74. The van der Waals surface area contributed by atoms with Crippen molar-refractivity contribution in [2.45, 2.75) is 0 Å². The van der Waals surface area contributed by atoms with Gasteiger partial charge in [-0.05, 0) is 30.3 Å². The van der Waals surface area contributed by atoms with Crippen molar-refractivity contribution in [3.05, 3.63) is 58.8 Å². The molecule has 96 valence electrons. The van der Waals surface area contributed by atoms with E-state index in [2.05, 4.69) is 4.98 Å². The molecule has 0 unspecified atom stereocenters. The predicted molar refractivity (Wildman–Crippen MR) is 70.4 cm³/mol. The van der Waals surface area contributed by atoms with Gasteiger partial charge in [-0.25, -0.2) is 9.18 Å². The second kappa shape index (κ2) is 4.28. The second-order valence-electron chi connectivity index (χ2n) is 4.13. The molecule has 5 heteroatoms. The van der Waals surface area contributed by atoms with Gasteiger partial charge in [0.25, 0.3) is 0 Å². The Morgan fingerprint density at radius 1 is 1.21 bits per heavy atom. The molecule has 1 heterocycles. The summed E-state index contributed by atoms with van der Waals surface area (Å²) in [6.45, 7) is 0. The minimum absolute atomic E-state index is 0.311. The van der Waals surface area contributed by atoms with E-state index in [1.807, 2.05) is 0 Å². The van der Waals surface area contributed by atoms with Crippen molar-refractivity contribution in [2.24, 2.45) is 0 Å². The maximum absolute atomic E-state index is 13.3. The number of hydrogen-bond acceptors (Lipinski definition) is 2. The first-order valence-electron chi connectivity index (χ1n) is 5.74. The Bertz CT molecular complexity index is 805. The summed E-state index contributed by atoms with van der Waals surface area (Å²) in [5.41, 5.74) is 1.49. The Morgan fingerprint density at radius 2 is 2.05 bits per heavy atom. The third-order valence-electron chi connectivity index (χ3n) is 2.96. The zero-order chi connectivity index (χ0) is 13.4. The number of nitrogens with one attached hydrogen (secondary N) is 1. The smallest absolute Gasteiger partial charge is 0.331 e. The SMILES string of the molecule is COc1ccc2[nH]c(=O)n(-c3cccc(F)c3)c2c1. The van der Waals surface area contributed by atoms with Crippen LogP contribution in [-0.4, -0.2) is 16.7 Å². The van der Waals surface area contributed by atoms with Crippen LogP contribution in [0.1, 0.15) is 0 Å². The van der Waals surface area contributed by atoms with E-state index in [1.54, 1.807) is 37.4 Å². The molecule has 0 atom stereocenters. The summed E-state index contributed by atoms with van der Waals surface area (Å²) in [7, 11) is 1.55. The van der Waals surface area contributed by atoms with Gasteiger partial charge in [0.15, 0.2) is 0 Å². The molecule has 0 aliphatic heterocycles. The van der Waals surface area contributed by atoms with Crippen LogP contribution in [0, 0.1) is 5.82 Å². The lowest BCUT2D eigenvalue weighted by molar-refractivity contribution is 0.415. The largest absolute Gasteiger partial charge is 0.497 e. The number of H-pyrrole nitrogens is 1. The molecule has 1 aromatic heterocycles. The highest BCUT2D eigenvalue weighted by atomic mass is 19.1. The fourth-order valence-corrected chi connectivity index (χ4v) is 2.08. The van der Waals surface area contributed by atoms with Crippen molar-refractivity contribution in [1.29, 1.82) is 0 Å². The molecule has 4 nitrogen and oxygen atoms in total. The molecule has 0 fully saturated rings. The molecule has 0 aliphatic carbocycles. The van der Waals surface area contributed by atoms with Crippen LogP contribution in [-0.2, 0) is 0 Å². The van der Waals surface area contributed by atoms with Gasteiger partial charge >= 0.3 is 5.69 Å². The van der Waals surface area contributed by atoms with Crippen LogP contribution >= 0.6 is 0 Å². The zero-order valence-corrected chi connectivity index (χ0v) is 10.2. The Hall–Kier alpha value is -2.56. The monoisotopic (exact) mass is 258 g/mol. The van der Waals surface area contributed by atoms with Gasteiger partial charge in [-0.2, -0.15) is 0 Å². The molecule has 2 aromatic carbocycles. The molecule has 0 saturated heterocycles. The van der Waals surface area contributed by atoms with Gasteiger partial charge in [-0.1, -0.05) is 6.07 Å². The van der Waals surface area contributed by atoms with Crippen LogP contribution in [0.5, 0.6) is 5.75 Å². The highest BCUT2D eigenvalue weighted by Crippen LogP contribution is 2.21. The van der Waals surface area contributed by atoms with E-state index in [0.717, 1.165) is 0 Å². The molecule has 0 radical (unpaired) electrons. The molecule has 0 bridgehead atoms. The number of fused-ring (bicyclic) bond motifs is 1. The highest BCUT2D eigenvalue weighted by Gasteiger charge is 2.10. The Kier molecular flexibility index (Phi) is 2.59. The average molecular weight is 258 g/mol. The molecule has 3 aromatic rings. The number of nitrogens with zero attached hydrogens (tertiary/aromatic N) is 1. The first kappa shape index (κ1) is 11.5. The van der Waals surface area contributed by atoms with E-state index in [4.69, 9.17) is 4.74 Å². The minimum Gasteiger partial charge on any atom is -0.497 e. The molecule has 0 amide bonds. The molecule has 0 aliphatic rings. The predicted octanol–water partition coefficient (Wildman–Crippen LogP) is 2.47. The minimum atomic E-state index is -0.387. The lowest BCUT2D eigenvalue weighted by Gasteiger charge is -2.04. The van der Waals surface area contributed by atoms with E-state index < -0.39 is 0 Å². The molecular weight excluding hydrogens is 247 g/mol. The third-order valence-corrected chi connectivity index (χ3v) is 2.96. The van der Waals surface area contributed by atoms with Crippen LogP contribution in [0.4, 0.5) is 4.39 Å². The summed E-state index contributed by atoms with van der Waals surface area (Å²) in [4.78, 5) is 14.7. The maximum Gasteiger partial charge on any atom is 0.331 e. The van der Waals surface area contributed by atoms with Crippen molar-refractivity contribution in [1.82, 2.24) is 9.55 Å². The zero-order valence-electron chi connectivity index (χ0n) is 10.2. The van der Waals surface area contributed by atoms with E-state index in [1.165, 1.54) is 16.7 Å². The van der Waals surface area contributed by atoms with E-state index >= 15 is 0 Å². The molecule has 19 heavy (non-hydrogen) atoms. The number of hydrogen-bond donors (Lipinski definition) is 1. The number of imidazole rings is 1. The van der Waals surface area contributed by atoms with Crippen molar-refractivity contribution in [2.75, 3.05) is 7.11 Å². The summed E-state index contributed by atoms with van der Waals surface area (Å²) in [5.74, 6) is 0.248. The maximum atomic E-state index is 13.3. The number of ether oxygens (including phenoxy) is 1. The Morgan fingerprint density at radius 3 is 2.79 bits per heavy atom. The number of aromatic nitrogens is 2. The summed E-state index contributed by atoms with van der Waals surface area (Å²) in [5, 5.41) is 0. The van der Waals surface area contributed by atoms with E-state index in [-0.39, 0.29) is 11.5 Å². The van der Waals surface area contributed by atoms with Gasteiger partial charge in [-0.15, -0.1) is 0 Å². The van der Waals surface area contributed by atoms with Crippen molar-refractivity contribution in [3.8, 4) is 11.4 Å². The van der Waals surface area contributed by atoms with Crippen molar-refractivity contribution in [3.63, 3.8) is 0 Å². The lowest BCUT2D eigenvalue weighted by Crippen LogP contribution is -2.14. The van der Waals surface area contributed by atoms with Crippen LogP contribution in [0.3, 0.4) is 0 Å². The number of methoxy groups -OCH3 is 1. The Balaban J connectivity index is 2.33. The van der Waals surface area contributed by atoms with Crippen LogP contribution in [0.2, 0.25) is 0 Å². The van der Waals surface area contributed by atoms with Gasteiger partial charge in [0.05, 0.1) is 23.8 Å². The molecular formula is C14H11FN2O2. The van der Waals surface area contributed by atoms with E-state index in [9.17, 15) is 9.18 Å². The molecule has 1 N–H and O–H groups in total. The summed E-state index contributed by atoms with van der Waals surface area (Å²) in [6.07, 6.45) is 0. The van der Waals surface area contributed by atoms with Crippen LogP contribution in [0.25, 0.3) is 16.7 Å². The summed E-state index contributed by atoms with van der Waals surface area (Å²) in [6, 6.07) is 11.1. The number of aromatic amines is 1. The quantitative estimate of drug-likeness (QED) is 0.767. The topological polar surface area (TPSA) is 47.0 Å². The summed E-state index contributed by atoms with van der Waals surface area (Å²) >= 11 is 0. The second-order valence-corrected chi connectivity index (χ2v) is 4.13. The Labute approximate surface area is 108 Å². The highest BCUT2D eigenvalue weighted by molar-refractivity contribution is 5.79. The van der Waals surface area contributed by atoms with Crippen LogP contribution in [0.15, 0.2) is 47.3 Å². The van der Waals surface area contributed by atoms with Crippen molar-refractivity contribution < 1.29 is 9.13 Å². The van der Waals surface area contributed by atoms with Gasteiger partial charge in [-0.3, -0.25) is 4.57 Å². The number of rotatable bonds is 2. The standard InChI is InChI=1S/C14H11FN2O2/c1-19-11-5-6-12-13(8-11)17(14(18)16-12)10-4-2-3-9(15)7-10/h2-8H,1H3,(H,16,18). The van der Waals surface area contributed by atoms with Gasteiger partial charge < -0.3 is 9.72 Å². The van der Waals surface area contributed by atoms with Crippen molar-refractivity contribution >= 4 is 11.0 Å². The van der Waals surface area contributed by atoms with Gasteiger partial charge in [0.1, 0.15) is 11.6 Å². The lowest BCUT2D eigenvalue weighted by atomic mass is 10.2. The fraction of sp³-hybridized carbons (Fsp3) is 0.0714. The number of benzene rings is 2. The summed E-state index contributed by atoms with van der Waals surface area (Å²) < 4.78 is 19.8. The molecule has 0 saturated carbocycles. The van der Waals surface area contributed by atoms with E-state index in [0.29, 0.717) is 22.5 Å². The van der Waals surface area contributed by atoms with Crippen LogP contribution < -0.4 is 10.4 Å². The van der Waals surface area contributed by atoms with Gasteiger partial charge in [0.2, 0.25) is 0 Å². The molecule has 0 spiro atoms. The molecule has 3 rings (SSSR count). The number of halogens is 1. The van der Waals surface area contributed by atoms with Gasteiger partial charge in [0, 0.05) is 6.07 Å². The average Bonchev–Trinajstić information content (AvgIpc) is 2.73. The fourth-order valence-electron chi connectivity index (χ4n) is 2.08.